The van der Waals surface area contributed by atoms with Gasteiger partial charge in [-0.2, -0.15) is 5.26 Å². The van der Waals surface area contributed by atoms with Gasteiger partial charge in [-0.1, -0.05) is 0 Å². The molecule has 0 unspecified atom stereocenters. The maximum atomic E-state index is 10.5. The normalized spacial score (nSPS) is 8.33. The van der Waals surface area contributed by atoms with Gasteiger partial charge in [-0.25, -0.2) is 4.57 Å². The number of aromatic nitrogens is 1. The second-order valence-corrected chi connectivity index (χ2v) is 1.43. The fraction of sp³-hybridized carbons (Fsp3) is 0. The zero-order valence-electron chi connectivity index (χ0n) is 4.53. The molecule has 0 aliphatic heterocycles. The van der Waals surface area contributed by atoms with E-state index in [0.717, 1.165) is 4.57 Å². The minimum atomic E-state index is -0.417. The molecule has 9 heavy (non-hydrogen) atoms. The van der Waals surface area contributed by atoms with Crippen LogP contribution in [0.15, 0.2) is 23.1 Å². The van der Waals surface area contributed by atoms with Crippen LogP contribution in [-0.2, 0) is 0 Å². The molecule has 0 saturated heterocycles. The van der Waals surface area contributed by atoms with Gasteiger partial charge in [0.1, 0.15) is 0 Å². The van der Waals surface area contributed by atoms with Gasteiger partial charge in [-0.05, 0) is 12.1 Å². The molecule has 1 rings (SSSR count). The van der Waals surface area contributed by atoms with E-state index in [1.807, 2.05) is 0 Å². The Morgan fingerprint density at radius 2 is 2.56 bits per heavy atom. The van der Waals surface area contributed by atoms with Crippen LogP contribution in [0, 0.1) is 17.5 Å². The Hall–Kier alpha value is -1.56. The van der Waals surface area contributed by atoms with Gasteiger partial charge in [0.15, 0.2) is 6.19 Å². The van der Waals surface area contributed by atoms with Crippen molar-refractivity contribution >= 4 is 0 Å². The highest BCUT2D eigenvalue weighted by molar-refractivity contribution is 4.96. The maximum Gasteiger partial charge on any atom is 0.271 e. The van der Waals surface area contributed by atoms with Gasteiger partial charge >= 0.3 is 0 Å². The molecule has 43 valence electrons. The minimum absolute atomic E-state index is 0.417. The summed E-state index contributed by atoms with van der Waals surface area (Å²) in [6, 6.07) is 5.38. The highest BCUT2D eigenvalue weighted by atomic mass is 16.1. The molecule has 1 aromatic heterocycles. The van der Waals surface area contributed by atoms with Gasteiger partial charge in [0.05, 0.1) is 6.07 Å². The quantitative estimate of drug-likeness (QED) is 0.481. The van der Waals surface area contributed by atoms with E-state index in [1.165, 1.54) is 12.3 Å². The van der Waals surface area contributed by atoms with Crippen molar-refractivity contribution in [3.05, 3.63) is 34.7 Å². The first kappa shape index (κ1) is 5.57. The first-order valence-electron chi connectivity index (χ1n) is 2.34. The van der Waals surface area contributed by atoms with Crippen molar-refractivity contribution in [1.82, 2.24) is 4.57 Å². The number of hydrogen-bond acceptors (Lipinski definition) is 2. The van der Waals surface area contributed by atoms with Crippen LogP contribution in [0.2, 0.25) is 0 Å². The van der Waals surface area contributed by atoms with E-state index in [0.29, 0.717) is 0 Å². The summed E-state index contributed by atoms with van der Waals surface area (Å²) >= 11 is 0. The topological polar surface area (TPSA) is 45.8 Å². The van der Waals surface area contributed by atoms with Crippen LogP contribution in [0.3, 0.4) is 0 Å². The predicted molar refractivity (Wildman–Crippen MR) is 30.5 cm³/mol. The van der Waals surface area contributed by atoms with Crippen molar-refractivity contribution in [3.63, 3.8) is 0 Å². The Morgan fingerprint density at radius 3 is 3.00 bits per heavy atom. The molecule has 0 spiro atoms. The molecule has 1 radical (unpaired) electrons. The van der Waals surface area contributed by atoms with Crippen LogP contribution >= 0.6 is 0 Å². The molecule has 3 heteroatoms. The summed E-state index contributed by atoms with van der Waals surface area (Å²) < 4.78 is 0.903. The van der Waals surface area contributed by atoms with E-state index < -0.39 is 5.56 Å². The number of nitrogens with zero attached hydrogens (tertiary/aromatic N) is 2. The zero-order chi connectivity index (χ0) is 6.69. The smallest absolute Gasteiger partial charge is 0.268 e. The summed E-state index contributed by atoms with van der Waals surface area (Å²) in [5.74, 6) is 0. The van der Waals surface area contributed by atoms with E-state index >= 15 is 0 Å². The molecular weight excluding hydrogens is 116 g/mol. The first-order chi connectivity index (χ1) is 4.34. The van der Waals surface area contributed by atoms with E-state index in [-0.39, 0.29) is 0 Å². The summed E-state index contributed by atoms with van der Waals surface area (Å²) in [6.07, 6.45) is 3.06. The molecule has 3 nitrogen and oxygen atoms in total. The molecule has 0 aliphatic carbocycles. The standard InChI is InChI=1S/C6H3N2O/c7-5-8-4-2-1-3-6(8)9/h1-2,4H. The van der Waals surface area contributed by atoms with Crippen LogP contribution in [0.1, 0.15) is 0 Å². The minimum Gasteiger partial charge on any atom is -0.268 e. The molecule has 0 N–H and O–H groups in total. The number of rotatable bonds is 0. The molecular formula is C6H3N2O. The summed E-state index contributed by atoms with van der Waals surface area (Å²) in [5.41, 5.74) is -0.417. The van der Waals surface area contributed by atoms with Gasteiger partial charge in [0, 0.05) is 6.20 Å². The second kappa shape index (κ2) is 2.14. The summed E-state index contributed by atoms with van der Waals surface area (Å²) in [7, 11) is 0. The third-order valence-corrected chi connectivity index (χ3v) is 0.865. The molecule has 0 atom stereocenters. The van der Waals surface area contributed by atoms with Crippen molar-refractivity contribution in [2.24, 2.45) is 0 Å². The first-order valence-corrected chi connectivity index (χ1v) is 2.34. The lowest BCUT2D eigenvalue weighted by atomic mass is 10.5. The van der Waals surface area contributed by atoms with Gasteiger partial charge in [-0.3, -0.25) is 4.79 Å². The lowest BCUT2D eigenvalue weighted by Crippen LogP contribution is -2.13. The SMILES string of the molecule is N#Cn1ccc[c]c1=O. The fourth-order valence-electron chi connectivity index (χ4n) is 0.464. The highest BCUT2D eigenvalue weighted by Gasteiger charge is 1.86. The molecule has 0 fully saturated rings. The molecule has 1 heterocycles. The fourth-order valence-corrected chi connectivity index (χ4v) is 0.464. The van der Waals surface area contributed by atoms with Gasteiger partial charge in [0.25, 0.3) is 5.56 Å². The summed E-state index contributed by atoms with van der Waals surface area (Å²) in [4.78, 5) is 10.5. The molecule has 0 aromatic carbocycles. The number of hydrogen-bond donors (Lipinski definition) is 0. The average Bonchev–Trinajstić information content (AvgIpc) is 1.89. The molecule has 0 bridgehead atoms. The molecule has 0 aliphatic rings. The van der Waals surface area contributed by atoms with Crippen LogP contribution in [0.5, 0.6) is 0 Å². The summed E-state index contributed by atoms with van der Waals surface area (Å²) in [6.45, 7) is 0. The predicted octanol–water partition coefficient (Wildman–Crippen LogP) is -0.0223. The third-order valence-electron chi connectivity index (χ3n) is 0.865. The lowest BCUT2D eigenvalue weighted by molar-refractivity contribution is 1.01. The average molecular weight is 119 g/mol. The van der Waals surface area contributed by atoms with E-state index in [4.69, 9.17) is 5.26 Å². The van der Waals surface area contributed by atoms with Crippen molar-refractivity contribution in [2.45, 2.75) is 0 Å². The Bertz CT molecular complexity index is 294. The monoisotopic (exact) mass is 119 g/mol. The second-order valence-electron chi connectivity index (χ2n) is 1.43. The van der Waals surface area contributed by atoms with Crippen molar-refractivity contribution in [2.75, 3.05) is 0 Å². The zero-order valence-corrected chi connectivity index (χ0v) is 4.53. The van der Waals surface area contributed by atoms with Gasteiger partial charge < -0.3 is 0 Å². The van der Waals surface area contributed by atoms with Crippen molar-refractivity contribution in [1.29, 1.82) is 5.26 Å². The van der Waals surface area contributed by atoms with Crippen molar-refractivity contribution in [3.8, 4) is 6.19 Å². The van der Waals surface area contributed by atoms with Gasteiger partial charge in [-0.15, -0.1) is 0 Å². The Kier molecular flexibility index (Phi) is 1.32. The van der Waals surface area contributed by atoms with Crippen LogP contribution in [0.25, 0.3) is 0 Å². The molecule has 0 saturated carbocycles. The maximum absolute atomic E-state index is 10.5. The third kappa shape index (κ3) is 0.970. The van der Waals surface area contributed by atoms with Crippen molar-refractivity contribution < 1.29 is 0 Å². The largest absolute Gasteiger partial charge is 0.271 e. The Labute approximate surface area is 51.8 Å². The number of pyridine rings is 1. The van der Waals surface area contributed by atoms with E-state index in [1.54, 1.807) is 12.3 Å². The van der Waals surface area contributed by atoms with Crippen LogP contribution < -0.4 is 5.56 Å². The van der Waals surface area contributed by atoms with Crippen LogP contribution in [0.4, 0.5) is 0 Å². The van der Waals surface area contributed by atoms with Crippen LogP contribution in [-0.4, -0.2) is 4.57 Å². The Morgan fingerprint density at radius 1 is 1.78 bits per heavy atom. The van der Waals surface area contributed by atoms with E-state index in [9.17, 15) is 4.79 Å². The summed E-state index contributed by atoms with van der Waals surface area (Å²) in [5, 5.41) is 8.21. The van der Waals surface area contributed by atoms with E-state index in [2.05, 4.69) is 6.07 Å². The Balaban J connectivity index is 3.38. The lowest BCUT2D eigenvalue weighted by Gasteiger charge is -1.84. The number of nitriles is 1. The highest BCUT2D eigenvalue weighted by Crippen LogP contribution is 1.74. The molecule has 0 amide bonds. The molecule has 1 aromatic rings. The van der Waals surface area contributed by atoms with Gasteiger partial charge in [0.2, 0.25) is 0 Å².